The predicted molar refractivity (Wildman–Crippen MR) is 65.7 cm³/mol. The van der Waals surface area contributed by atoms with Crippen LogP contribution in [0.1, 0.15) is 25.2 Å². The molecule has 0 N–H and O–H groups in total. The number of rotatable bonds is 4. The monoisotopic (exact) mass is 249 g/mol. The molecule has 0 radical (unpaired) electrons. The van der Waals surface area contributed by atoms with Crippen molar-refractivity contribution in [2.45, 2.75) is 26.7 Å². The van der Waals surface area contributed by atoms with Crippen molar-refractivity contribution in [2.75, 3.05) is 0 Å². The second-order valence-corrected chi connectivity index (χ2v) is 4.01. The molecule has 2 heterocycles. The lowest BCUT2D eigenvalue weighted by Gasteiger charge is -2.00. The van der Waals surface area contributed by atoms with Crippen molar-refractivity contribution in [2.24, 2.45) is 7.05 Å². The fourth-order valence-electron chi connectivity index (χ4n) is 1.83. The van der Waals surface area contributed by atoms with E-state index >= 15 is 0 Å². The highest BCUT2D eigenvalue weighted by atomic mass is 16.6. The van der Waals surface area contributed by atoms with Crippen molar-refractivity contribution < 1.29 is 4.92 Å². The summed E-state index contributed by atoms with van der Waals surface area (Å²) in [6.45, 7) is 3.99. The molecule has 0 saturated heterocycles. The van der Waals surface area contributed by atoms with E-state index in [1.807, 2.05) is 19.9 Å². The van der Waals surface area contributed by atoms with E-state index in [9.17, 15) is 10.1 Å². The van der Waals surface area contributed by atoms with Gasteiger partial charge in [-0.05, 0) is 18.9 Å². The third-order valence-electron chi connectivity index (χ3n) is 2.75. The summed E-state index contributed by atoms with van der Waals surface area (Å²) in [5.41, 5.74) is 1.80. The largest absolute Gasteiger partial charge is 0.333 e. The maximum absolute atomic E-state index is 11.0. The summed E-state index contributed by atoms with van der Waals surface area (Å²) in [4.78, 5) is 10.6. The Morgan fingerprint density at radius 2 is 2.06 bits per heavy atom. The summed E-state index contributed by atoms with van der Waals surface area (Å²) in [5, 5.41) is 19.5. The molecule has 0 unspecified atom stereocenters. The number of aromatic nitrogens is 4. The zero-order valence-electron chi connectivity index (χ0n) is 10.6. The van der Waals surface area contributed by atoms with Crippen LogP contribution >= 0.6 is 0 Å². The smallest absolute Gasteiger partial charge is 0.266 e. The van der Waals surface area contributed by atoms with Gasteiger partial charge in [0.1, 0.15) is 6.20 Å². The van der Waals surface area contributed by atoms with Crippen LogP contribution in [0.25, 0.3) is 5.82 Å². The van der Waals surface area contributed by atoms with Crippen LogP contribution in [0.5, 0.6) is 0 Å². The van der Waals surface area contributed by atoms with Crippen LogP contribution in [-0.2, 0) is 19.9 Å². The first-order valence-electron chi connectivity index (χ1n) is 5.83. The van der Waals surface area contributed by atoms with Gasteiger partial charge in [-0.3, -0.25) is 14.8 Å². The summed E-state index contributed by atoms with van der Waals surface area (Å²) >= 11 is 0. The summed E-state index contributed by atoms with van der Waals surface area (Å²) in [6, 6.07) is 1.96. The van der Waals surface area contributed by atoms with Gasteiger partial charge in [-0.25, -0.2) is 4.68 Å². The first kappa shape index (κ1) is 12.3. The molecule has 2 aromatic rings. The van der Waals surface area contributed by atoms with E-state index < -0.39 is 4.92 Å². The summed E-state index contributed by atoms with van der Waals surface area (Å²) in [6.07, 6.45) is 2.93. The van der Waals surface area contributed by atoms with E-state index in [1.165, 1.54) is 10.9 Å². The average molecular weight is 249 g/mol. The van der Waals surface area contributed by atoms with Gasteiger partial charge < -0.3 is 0 Å². The van der Waals surface area contributed by atoms with Gasteiger partial charge >= 0.3 is 5.69 Å². The molecule has 18 heavy (non-hydrogen) atoms. The van der Waals surface area contributed by atoms with Gasteiger partial charge in [-0.2, -0.15) is 5.10 Å². The minimum Gasteiger partial charge on any atom is -0.266 e. The Kier molecular flexibility index (Phi) is 3.14. The lowest BCUT2D eigenvalue weighted by molar-refractivity contribution is -0.384. The number of nitro groups is 1. The van der Waals surface area contributed by atoms with Gasteiger partial charge in [0.15, 0.2) is 0 Å². The maximum atomic E-state index is 11.0. The second kappa shape index (κ2) is 4.59. The van der Waals surface area contributed by atoms with Crippen LogP contribution in [0.2, 0.25) is 0 Å². The van der Waals surface area contributed by atoms with Gasteiger partial charge in [0.2, 0.25) is 0 Å². The molecular formula is C11H15N5O2. The van der Waals surface area contributed by atoms with E-state index in [0.717, 1.165) is 24.2 Å². The Hall–Kier alpha value is -2.18. The third kappa shape index (κ3) is 1.99. The first-order chi connectivity index (χ1) is 8.56. The van der Waals surface area contributed by atoms with Gasteiger partial charge in [0, 0.05) is 12.7 Å². The number of hydrogen-bond donors (Lipinski definition) is 0. The highest BCUT2D eigenvalue weighted by Gasteiger charge is 2.22. The molecule has 0 fully saturated rings. The van der Waals surface area contributed by atoms with E-state index in [2.05, 4.69) is 10.2 Å². The third-order valence-corrected chi connectivity index (χ3v) is 2.75. The molecule has 2 aromatic heterocycles. The summed E-state index contributed by atoms with van der Waals surface area (Å²) in [5.74, 6) is 0.277. The Bertz CT molecular complexity index is 584. The molecule has 0 aromatic carbocycles. The van der Waals surface area contributed by atoms with Crippen LogP contribution in [0.15, 0.2) is 12.3 Å². The van der Waals surface area contributed by atoms with Crippen LogP contribution in [0, 0.1) is 10.1 Å². The van der Waals surface area contributed by atoms with Crippen LogP contribution in [0.4, 0.5) is 5.69 Å². The predicted octanol–water partition coefficient (Wildman–Crippen LogP) is 1.64. The SMILES string of the molecule is CCc1cc(CC)n(-c2nn(C)cc2[N+](=O)[O-])n1. The fourth-order valence-corrected chi connectivity index (χ4v) is 1.83. The van der Waals surface area contributed by atoms with Crippen molar-refractivity contribution in [3.63, 3.8) is 0 Å². The Morgan fingerprint density at radius 1 is 1.33 bits per heavy atom. The minimum atomic E-state index is -0.435. The highest BCUT2D eigenvalue weighted by Crippen LogP contribution is 2.22. The first-order valence-corrected chi connectivity index (χ1v) is 5.83. The average Bonchev–Trinajstić information content (AvgIpc) is 2.91. The van der Waals surface area contributed by atoms with Crippen LogP contribution in [0.3, 0.4) is 0 Å². The number of hydrogen-bond acceptors (Lipinski definition) is 4. The van der Waals surface area contributed by atoms with Crippen molar-refractivity contribution >= 4 is 5.69 Å². The van der Waals surface area contributed by atoms with Crippen molar-refractivity contribution in [1.82, 2.24) is 19.6 Å². The molecule has 7 nitrogen and oxygen atoms in total. The lowest BCUT2D eigenvalue weighted by Crippen LogP contribution is -2.05. The van der Waals surface area contributed by atoms with E-state index in [-0.39, 0.29) is 11.5 Å². The molecule has 0 amide bonds. The van der Waals surface area contributed by atoms with E-state index in [4.69, 9.17) is 0 Å². The Morgan fingerprint density at radius 3 is 2.61 bits per heavy atom. The minimum absolute atomic E-state index is 0.0297. The Balaban J connectivity index is 2.60. The van der Waals surface area contributed by atoms with Gasteiger partial charge in [0.25, 0.3) is 5.82 Å². The van der Waals surface area contributed by atoms with Crippen molar-refractivity contribution in [3.05, 3.63) is 33.8 Å². The Labute approximate surface area is 104 Å². The van der Waals surface area contributed by atoms with E-state index in [0.29, 0.717) is 0 Å². The fraction of sp³-hybridized carbons (Fsp3) is 0.455. The van der Waals surface area contributed by atoms with Crippen molar-refractivity contribution in [3.8, 4) is 5.82 Å². The molecule has 7 heteroatoms. The summed E-state index contributed by atoms with van der Waals surface area (Å²) in [7, 11) is 1.66. The summed E-state index contributed by atoms with van der Waals surface area (Å²) < 4.78 is 3.00. The van der Waals surface area contributed by atoms with Gasteiger partial charge in [-0.1, -0.05) is 13.8 Å². The normalized spacial score (nSPS) is 10.8. The molecule has 96 valence electrons. The van der Waals surface area contributed by atoms with Gasteiger partial charge in [-0.15, -0.1) is 5.10 Å². The molecule has 0 aliphatic heterocycles. The molecule has 0 atom stereocenters. The molecule has 0 saturated carbocycles. The second-order valence-electron chi connectivity index (χ2n) is 4.01. The standard InChI is InChI=1S/C11H15N5O2/c1-4-8-6-9(5-2)15(12-8)11-10(16(17)18)7-14(3)13-11/h6-7H,4-5H2,1-3H3. The van der Waals surface area contributed by atoms with Gasteiger partial charge in [0.05, 0.1) is 10.6 Å². The van der Waals surface area contributed by atoms with Crippen LogP contribution < -0.4 is 0 Å². The molecule has 0 spiro atoms. The zero-order chi connectivity index (χ0) is 13.3. The highest BCUT2D eigenvalue weighted by molar-refractivity contribution is 5.45. The number of aryl methyl sites for hydroxylation is 3. The zero-order valence-corrected chi connectivity index (χ0v) is 10.6. The molecule has 0 bridgehead atoms. The van der Waals surface area contributed by atoms with E-state index in [1.54, 1.807) is 11.7 Å². The van der Waals surface area contributed by atoms with Crippen LogP contribution in [-0.4, -0.2) is 24.5 Å². The number of nitrogens with zero attached hydrogens (tertiary/aromatic N) is 5. The molecule has 2 rings (SSSR count). The van der Waals surface area contributed by atoms with Crippen molar-refractivity contribution in [1.29, 1.82) is 0 Å². The topological polar surface area (TPSA) is 78.8 Å². The lowest BCUT2D eigenvalue weighted by atomic mass is 10.2. The molecular weight excluding hydrogens is 234 g/mol. The molecule has 0 aliphatic rings. The quantitative estimate of drug-likeness (QED) is 0.609. The molecule has 0 aliphatic carbocycles. The maximum Gasteiger partial charge on any atom is 0.333 e.